The van der Waals surface area contributed by atoms with Crippen LogP contribution < -0.4 is 0 Å². The van der Waals surface area contributed by atoms with E-state index in [1.54, 1.807) is 20.8 Å². The Morgan fingerprint density at radius 1 is 0.892 bits per heavy atom. The van der Waals surface area contributed by atoms with Crippen molar-refractivity contribution in [2.24, 2.45) is 52.3 Å². The number of unbranched alkanes of at least 4 members (excludes halogenated alkanes) is 2. The first-order valence-electron chi connectivity index (χ1n) is 15.8. The molecule has 0 aromatic carbocycles. The van der Waals surface area contributed by atoms with Crippen LogP contribution in [-0.2, 0) is 9.84 Å². The molecular weight excluding hydrogens is 480 g/mol. The van der Waals surface area contributed by atoms with Gasteiger partial charge in [0, 0.05) is 0 Å². The first-order chi connectivity index (χ1) is 17.2. The Bertz CT molecular complexity index is 893. The van der Waals surface area contributed by atoms with Crippen LogP contribution in [0, 0.1) is 52.3 Å². The topological polar surface area (TPSA) is 74.6 Å². The Morgan fingerprint density at radius 3 is 2.19 bits per heavy atom. The van der Waals surface area contributed by atoms with Crippen LogP contribution in [0.1, 0.15) is 126 Å². The van der Waals surface area contributed by atoms with E-state index in [-0.39, 0.29) is 17.6 Å². The molecule has 0 unspecified atom stereocenters. The molecule has 11 atom stereocenters. The third-order valence-corrected chi connectivity index (χ3v) is 15.3. The summed E-state index contributed by atoms with van der Waals surface area (Å²) < 4.78 is 24.2. The summed E-state index contributed by atoms with van der Waals surface area (Å²) in [5.74, 6) is 4.09. The Labute approximate surface area is 228 Å². The lowest BCUT2D eigenvalue weighted by Crippen LogP contribution is -2.62. The fraction of sp³-hybridized carbons (Fsp3) is 1.00. The molecule has 0 aromatic heterocycles. The van der Waals surface area contributed by atoms with Crippen LogP contribution in [-0.4, -0.2) is 41.3 Å². The van der Waals surface area contributed by atoms with Gasteiger partial charge in [0.05, 0.1) is 22.7 Å². The summed E-state index contributed by atoms with van der Waals surface area (Å²) in [5.41, 5.74) is 0.578. The molecule has 4 fully saturated rings. The van der Waals surface area contributed by atoms with Crippen LogP contribution in [0.3, 0.4) is 0 Å². The molecule has 0 radical (unpaired) electrons. The summed E-state index contributed by atoms with van der Waals surface area (Å²) in [4.78, 5) is 0. The molecule has 4 aliphatic rings. The van der Waals surface area contributed by atoms with Gasteiger partial charge in [-0.15, -0.1) is 0 Å². The third-order valence-electron chi connectivity index (χ3n) is 12.7. The smallest absolute Gasteiger partial charge is 0.155 e. The van der Waals surface area contributed by atoms with Crippen molar-refractivity contribution in [3.05, 3.63) is 0 Å². The highest BCUT2D eigenvalue weighted by molar-refractivity contribution is 7.92. The Hall–Kier alpha value is -0.130. The molecule has 0 aliphatic heterocycles. The molecule has 37 heavy (non-hydrogen) atoms. The highest BCUT2D eigenvalue weighted by Gasteiger charge is 2.64. The average Bonchev–Trinajstić information content (AvgIpc) is 3.16. The second-order valence-electron chi connectivity index (χ2n) is 15.4. The van der Waals surface area contributed by atoms with E-state index in [0.29, 0.717) is 52.6 Å². The van der Waals surface area contributed by atoms with Gasteiger partial charge in [0.1, 0.15) is 0 Å². The molecule has 0 saturated heterocycles. The summed E-state index contributed by atoms with van der Waals surface area (Å²) in [6.07, 6.45) is 12.7. The first kappa shape index (κ1) is 29.8. The van der Waals surface area contributed by atoms with Crippen LogP contribution >= 0.6 is 0 Å². The van der Waals surface area contributed by atoms with Gasteiger partial charge in [-0.1, -0.05) is 53.4 Å². The molecule has 2 N–H and O–H groups in total. The van der Waals surface area contributed by atoms with Crippen LogP contribution in [0.25, 0.3) is 0 Å². The largest absolute Gasteiger partial charge is 0.393 e. The molecule has 4 aliphatic carbocycles. The maximum atomic E-state index is 12.4. The van der Waals surface area contributed by atoms with Gasteiger partial charge in [0.2, 0.25) is 0 Å². The Kier molecular flexibility index (Phi) is 8.62. The van der Waals surface area contributed by atoms with Crippen molar-refractivity contribution in [3.63, 3.8) is 0 Å². The van der Waals surface area contributed by atoms with Crippen molar-refractivity contribution >= 4 is 9.84 Å². The van der Waals surface area contributed by atoms with E-state index in [1.165, 1.54) is 32.1 Å². The van der Waals surface area contributed by atoms with Crippen LogP contribution in [0.2, 0.25) is 0 Å². The van der Waals surface area contributed by atoms with E-state index >= 15 is 0 Å². The summed E-state index contributed by atoms with van der Waals surface area (Å²) >= 11 is 0. The zero-order valence-electron chi connectivity index (χ0n) is 25.0. The summed E-state index contributed by atoms with van der Waals surface area (Å²) in [6.45, 7) is 15.2. The number of aliphatic hydroxyl groups excluding tert-OH is 2. The lowest BCUT2D eigenvalue weighted by atomic mass is 9.41. The van der Waals surface area contributed by atoms with Crippen molar-refractivity contribution in [1.29, 1.82) is 0 Å². The number of rotatable bonds is 8. The summed E-state index contributed by atoms with van der Waals surface area (Å²) in [5, 5.41) is 22.4. The van der Waals surface area contributed by atoms with Gasteiger partial charge in [0.25, 0.3) is 0 Å². The summed E-state index contributed by atoms with van der Waals surface area (Å²) in [7, 11) is -3.02. The molecule has 4 saturated carbocycles. The van der Waals surface area contributed by atoms with Gasteiger partial charge in [0.15, 0.2) is 9.84 Å². The van der Waals surface area contributed by atoms with Crippen molar-refractivity contribution in [3.8, 4) is 0 Å². The van der Waals surface area contributed by atoms with E-state index in [9.17, 15) is 18.6 Å². The van der Waals surface area contributed by atoms with E-state index in [2.05, 4.69) is 27.7 Å². The van der Waals surface area contributed by atoms with E-state index < -0.39 is 14.6 Å². The van der Waals surface area contributed by atoms with Gasteiger partial charge in [-0.25, -0.2) is 8.42 Å². The van der Waals surface area contributed by atoms with E-state index in [1.807, 2.05) is 0 Å². The van der Waals surface area contributed by atoms with Gasteiger partial charge in [-0.05, 0) is 124 Å². The van der Waals surface area contributed by atoms with Crippen LogP contribution in [0.5, 0.6) is 0 Å². The van der Waals surface area contributed by atoms with Crippen LogP contribution in [0.15, 0.2) is 0 Å². The monoisotopic (exact) mass is 538 g/mol. The quantitative estimate of drug-likeness (QED) is 0.326. The van der Waals surface area contributed by atoms with Gasteiger partial charge < -0.3 is 10.2 Å². The molecule has 0 heterocycles. The highest BCUT2D eigenvalue weighted by Crippen LogP contribution is 2.69. The number of hydrogen-bond acceptors (Lipinski definition) is 4. The molecular formula is C32H58O4S. The second kappa shape index (κ2) is 10.7. The molecule has 4 rings (SSSR count). The minimum Gasteiger partial charge on any atom is -0.393 e. The average molecular weight is 539 g/mol. The van der Waals surface area contributed by atoms with Crippen molar-refractivity contribution in [2.75, 3.05) is 5.75 Å². The highest BCUT2D eigenvalue weighted by atomic mass is 32.2. The molecule has 0 spiro atoms. The fourth-order valence-electron chi connectivity index (χ4n) is 10.4. The van der Waals surface area contributed by atoms with Gasteiger partial charge >= 0.3 is 0 Å². The van der Waals surface area contributed by atoms with Crippen molar-refractivity contribution in [2.45, 2.75) is 142 Å². The van der Waals surface area contributed by atoms with Gasteiger partial charge in [-0.3, -0.25) is 0 Å². The molecule has 0 aromatic rings. The minimum absolute atomic E-state index is 0.185. The lowest BCUT2D eigenvalue weighted by molar-refractivity contribution is -0.203. The molecule has 216 valence electrons. The number of fused-ring (bicyclic) bond motifs is 5. The van der Waals surface area contributed by atoms with E-state index in [4.69, 9.17) is 0 Å². The first-order valence-corrected chi connectivity index (χ1v) is 17.4. The maximum absolute atomic E-state index is 12.4. The second-order valence-corrected chi connectivity index (χ2v) is 18.2. The predicted molar refractivity (Wildman–Crippen MR) is 153 cm³/mol. The molecule has 5 heteroatoms. The number of hydrogen-bond donors (Lipinski definition) is 2. The predicted octanol–water partition coefficient (Wildman–Crippen LogP) is 7.02. The standard InChI is InChI=1S/C32H58O4S/c1-8-23-27-20-22(33)15-17-32(27,7)26-16-18-31(6)24(13-14-25(31)28(26)29(23)34)21(2)12-10-9-11-19-37(35,36)30(3,4)5/h21-29,33-34H,8-20H2,1-7H3/t21-,22-,23-,24-,25+,26+,27+,28+,29-,31-,32-/m1/s1. The fourth-order valence-corrected chi connectivity index (χ4v) is 11.6. The SMILES string of the molecule is CC[C@H]1[C@@H](O)[C@@H]2[C@H](CC[C@]3(C)[C@@H]([C@H](C)CCCCCS(=O)(=O)C(C)(C)C)CC[C@@H]23)[C@@]2(C)CC[C@@H](O)C[C@@H]12. The summed E-state index contributed by atoms with van der Waals surface area (Å²) in [6, 6.07) is 0. The zero-order valence-corrected chi connectivity index (χ0v) is 25.8. The number of aliphatic hydroxyl groups is 2. The van der Waals surface area contributed by atoms with Gasteiger partial charge in [-0.2, -0.15) is 0 Å². The molecule has 0 amide bonds. The lowest BCUT2D eigenvalue weighted by Gasteiger charge is -2.64. The van der Waals surface area contributed by atoms with Crippen molar-refractivity contribution in [1.82, 2.24) is 0 Å². The van der Waals surface area contributed by atoms with Crippen molar-refractivity contribution < 1.29 is 18.6 Å². The normalized spacial score (nSPS) is 45.1. The van der Waals surface area contributed by atoms with Crippen LogP contribution in [0.4, 0.5) is 0 Å². The molecule has 4 nitrogen and oxygen atoms in total. The minimum atomic E-state index is -3.02. The van der Waals surface area contributed by atoms with E-state index in [0.717, 1.165) is 44.9 Å². The molecule has 0 bridgehead atoms. The third kappa shape index (κ3) is 5.21. The zero-order chi connectivity index (χ0) is 27.4. The number of sulfone groups is 1. The Morgan fingerprint density at radius 2 is 1.54 bits per heavy atom. The Balaban J connectivity index is 1.41. The maximum Gasteiger partial charge on any atom is 0.155 e.